The number of likely N-dealkylation sites (N-methyl/N-ethyl adjacent to an activating group) is 1. The van der Waals surface area contributed by atoms with Gasteiger partial charge in [-0.05, 0) is 33.4 Å². The van der Waals surface area contributed by atoms with E-state index in [1.807, 2.05) is 18.0 Å². The van der Waals surface area contributed by atoms with E-state index in [9.17, 15) is 9.90 Å². The van der Waals surface area contributed by atoms with Gasteiger partial charge in [-0.1, -0.05) is 12.8 Å². The number of nitrogens with zero attached hydrogens (tertiary/aromatic N) is 3. The maximum atomic E-state index is 11.6. The van der Waals surface area contributed by atoms with Crippen LogP contribution in [0.25, 0.3) is 0 Å². The topological polar surface area (TPSA) is 70.9 Å². The zero-order valence-electron chi connectivity index (χ0n) is 13.4. The predicted octanol–water partition coefficient (Wildman–Crippen LogP) is 1.35. The van der Waals surface area contributed by atoms with Crippen LogP contribution in [0.1, 0.15) is 32.6 Å². The third-order valence-electron chi connectivity index (χ3n) is 4.42. The Morgan fingerprint density at radius 3 is 2.91 bits per heavy atom. The highest BCUT2D eigenvalue weighted by molar-refractivity contribution is 6.25. The zero-order chi connectivity index (χ0) is 16.1. The van der Waals surface area contributed by atoms with Gasteiger partial charge in [-0.2, -0.15) is 0 Å². The first-order chi connectivity index (χ1) is 10.5. The van der Waals surface area contributed by atoms with Crippen LogP contribution >= 0.6 is 0 Å². The average molecular weight is 306 g/mol. The van der Waals surface area contributed by atoms with Crippen molar-refractivity contribution in [1.29, 1.82) is 5.41 Å². The van der Waals surface area contributed by atoms with Gasteiger partial charge >= 0.3 is 0 Å². The number of aliphatic hydroxyl groups excluding tert-OH is 1. The van der Waals surface area contributed by atoms with Crippen LogP contribution in [0.3, 0.4) is 0 Å². The van der Waals surface area contributed by atoms with Gasteiger partial charge in [-0.15, -0.1) is 0 Å². The van der Waals surface area contributed by atoms with Crippen molar-refractivity contribution in [2.75, 3.05) is 20.1 Å². The van der Waals surface area contributed by atoms with Crippen LogP contribution in [0.4, 0.5) is 0 Å². The summed E-state index contributed by atoms with van der Waals surface area (Å²) in [6.07, 6.45) is 10.2. The van der Waals surface area contributed by atoms with Gasteiger partial charge in [-0.25, -0.2) is 0 Å². The average Bonchev–Trinajstić information content (AvgIpc) is 2.71. The van der Waals surface area contributed by atoms with Crippen molar-refractivity contribution in [1.82, 2.24) is 14.7 Å². The number of nitrogens with one attached hydrogen (secondary N) is 1. The van der Waals surface area contributed by atoms with E-state index in [0.717, 1.165) is 24.9 Å². The Bertz CT molecular complexity index is 475. The normalized spacial score (nSPS) is 24.7. The van der Waals surface area contributed by atoms with E-state index in [-0.39, 0.29) is 11.9 Å². The van der Waals surface area contributed by atoms with Gasteiger partial charge in [0.25, 0.3) is 5.91 Å². The lowest BCUT2D eigenvalue weighted by Crippen LogP contribution is -2.45. The Hall–Kier alpha value is -1.66. The Labute approximate surface area is 132 Å². The molecule has 0 bridgehead atoms. The van der Waals surface area contributed by atoms with Crippen LogP contribution in [0.15, 0.2) is 24.3 Å². The fourth-order valence-electron chi connectivity index (χ4n) is 3.15. The summed E-state index contributed by atoms with van der Waals surface area (Å²) in [5, 5.41) is 17.6. The van der Waals surface area contributed by atoms with Crippen molar-refractivity contribution < 1.29 is 9.90 Å². The number of likely N-dealkylation sites (tertiary alicyclic amines) is 1. The molecule has 1 amide bonds. The van der Waals surface area contributed by atoms with E-state index in [2.05, 4.69) is 11.9 Å². The van der Waals surface area contributed by atoms with E-state index >= 15 is 0 Å². The SMILES string of the molecule is CC1=CN(CC(O)C2CCCCCN2C)C=CN1C(=O)C=N. The smallest absolute Gasteiger partial charge is 0.272 e. The summed E-state index contributed by atoms with van der Waals surface area (Å²) in [5.41, 5.74) is 0.748. The van der Waals surface area contributed by atoms with Gasteiger partial charge in [-0.3, -0.25) is 9.69 Å². The van der Waals surface area contributed by atoms with E-state index in [1.54, 1.807) is 12.4 Å². The minimum absolute atomic E-state index is 0.186. The highest BCUT2D eigenvalue weighted by Gasteiger charge is 2.26. The van der Waals surface area contributed by atoms with Gasteiger partial charge < -0.3 is 20.3 Å². The van der Waals surface area contributed by atoms with Crippen LogP contribution in [0.5, 0.6) is 0 Å². The molecule has 22 heavy (non-hydrogen) atoms. The molecule has 0 aromatic carbocycles. The first-order valence-corrected chi connectivity index (χ1v) is 7.87. The van der Waals surface area contributed by atoms with Crippen LogP contribution in [-0.2, 0) is 4.79 Å². The lowest BCUT2D eigenvalue weighted by atomic mass is 10.0. The lowest BCUT2D eigenvalue weighted by molar-refractivity contribution is -0.120. The van der Waals surface area contributed by atoms with E-state index in [1.165, 1.54) is 24.2 Å². The number of aliphatic hydroxyl groups is 1. The molecule has 2 N–H and O–H groups in total. The molecule has 2 unspecified atom stereocenters. The molecular weight excluding hydrogens is 280 g/mol. The van der Waals surface area contributed by atoms with Crippen molar-refractivity contribution in [3.05, 3.63) is 24.3 Å². The monoisotopic (exact) mass is 306 g/mol. The summed E-state index contributed by atoms with van der Waals surface area (Å²) in [6, 6.07) is 0.186. The quantitative estimate of drug-likeness (QED) is 0.769. The molecule has 122 valence electrons. The number of carbonyl (C=O) groups excluding carboxylic acids is 1. The fourth-order valence-corrected chi connectivity index (χ4v) is 3.15. The number of amides is 1. The zero-order valence-corrected chi connectivity index (χ0v) is 13.4. The standard InChI is InChI=1S/C16H26N4O2/c1-13-11-19(8-9-20(13)16(22)10-17)12-15(21)14-6-4-3-5-7-18(14)2/h8-11,14-15,17,21H,3-7,12H2,1-2H3. The van der Waals surface area contributed by atoms with Crippen LogP contribution < -0.4 is 0 Å². The summed E-state index contributed by atoms with van der Waals surface area (Å²) in [5.74, 6) is -0.367. The molecule has 6 heteroatoms. The number of rotatable bonds is 4. The van der Waals surface area contributed by atoms with Crippen molar-refractivity contribution in [2.24, 2.45) is 0 Å². The molecule has 2 heterocycles. The third-order valence-corrected chi connectivity index (χ3v) is 4.42. The van der Waals surface area contributed by atoms with Gasteiger partial charge in [0.15, 0.2) is 0 Å². The van der Waals surface area contributed by atoms with Gasteiger partial charge in [0.05, 0.1) is 12.3 Å². The Balaban J connectivity index is 1.96. The molecule has 6 nitrogen and oxygen atoms in total. The molecule has 0 saturated carbocycles. The molecule has 1 saturated heterocycles. The number of carbonyl (C=O) groups is 1. The maximum Gasteiger partial charge on any atom is 0.272 e. The van der Waals surface area contributed by atoms with Crippen LogP contribution in [-0.4, -0.2) is 64.2 Å². The first kappa shape index (κ1) is 16.7. The molecule has 2 rings (SSSR count). The summed E-state index contributed by atoms with van der Waals surface area (Å²) < 4.78 is 0. The molecule has 1 fully saturated rings. The van der Waals surface area contributed by atoms with Crippen LogP contribution in [0.2, 0.25) is 0 Å². The van der Waals surface area contributed by atoms with E-state index in [0.29, 0.717) is 6.54 Å². The molecule has 2 aliphatic heterocycles. The molecule has 2 aliphatic rings. The second-order valence-electron chi connectivity index (χ2n) is 6.08. The predicted molar refractivity (Wildman–Crippen MR) is 86.1 cm³/mol. The number of hydrogen-bond donors (Lipinski definition) is 2. The molecular formula is C16H26N4O2. The van der Waals surface area contributed by atoms with E-state index in [4.69, 9.17) is 5.41 Å². The molecule has 2 atom stereocenters. The van der Waals surface area contributed by atoms with Crippen molar-refractivity contribution in [3.63, 3.8) is 0 Å². The second-order valence-corrected chi connectivity index (χ2v) is 6.08. The molecule has 0 aromatic rings. The highest BCUT2D eigenvalue weighted by atomic mass is 16.3. The number of hydrogen-bond acceptors (Lipinski definition) is 5. The Morgan fingerprint density at radius 2 is 2.23 bits per heavy atom. The summed E-state index contributed by atoms with van der Waals surface area (Å²) in [6.45, 7) is 3.37. The maximum absolute atomic E-state index is 11.6. The van der Waals surface area contributed by atoms with Crippen molar-refractivity contribution >= 4 is 12.1 Å². The lowest BCUT2D eigenvalue weighted by Gasteiger charge is -2.34. The van der Waals surface area contributed by atoms with Crippen molar-refractivity contribution in [3.8, 4) is 0 Å². The Morgan fingerprint density at radius 1 is 1.45 bits per heavy atom. The fraction of sp³-hybridized carbons (Fsp3) is 0.625. The van der Waals surface area contributed by atoms with Gasteiger partial charge in [0.1, 0.15) is 0 Å². The second kappa shape index (κ2) is 7.56. The van der Waals surface area contributed by atoms with E-state index < -0.39 is 6.10 Å². The van der Waals surface area contributed by atoms with Gasteiger partial charge in [0, 0.05) is 36.9 Å². The highest BCUT2D eigenvalue weighted by Crippen LogP contribution is 2.20. The summed E-state index contributed by atoms with van der Waals surface area (Å²) in [4.78, 5) is 17.1. The molecule has 0 aromatic heterocycles. The van der Waals surface area contributed by atoms with Crippen molar-refractivity contribution in [2.45, 2.75) is 44.8 Å². The third kappa shape index (κ3) is 3.96. The Kier molecular flexibility index (Phi) is 5.74. The molecule has 0 radical (unpaired) electrons. The molecule has 0 aliphatic carbocycles. The minimum Gasteiger partial charge on any atom is -0.390 e. The first-order valence-electron chi connectivity index (χ1n) is 7.87. The largest absolute Gasteiger partial charge is 0.390 e. The molecule has 0 spiro atoms. The summed E-state index contributed by atoms with van der Waals surface area (Å²) >= 11 is 0. The number of allylic oxidation sites excluding steroid dienone is 1. The minimum atomic E-state index is -0.429. The number of β-amino-alcohol motifs (C(OH)–C–C–N with tert-alkyl or cyclic N) is 1. The van der Waals surface area contributed by atoms with Gasteiger partial charge in [0.2, 0.25) is 0 Å². The summed E-state index contributed by atoms with van der Waals surface area (Å²) in [7, 11) is 2.08. The van der Waals surface area contributed by atoms with Crippen LogP contribution in [0, 0.1) is 5.41 Å².